The Bertz CT molecular complexity index is 497. The van der Waals surface area contributed by atoms with Crippen LogP contribution in [0.15, 0.2) is 35.8 Å². The predicted molar refractivity (Wildman–Crippen MR) is 66.5 cm³/mol. The average molecular weight is 248 g/mol. The maximum Gasteiger partial charge on any atom is 0.310 e. The normalized spacial score (nSPS) is 10.1. The Kier molecular flexibility index (Phi) is 3.72. The molecule has 88 valence electrons. The van der Waals surface area contributed by atoms with E-state index in [9.17, 15) is 4.79 Å². The van der Waals surface area contributed by atoms with Crippen molar-refractivity contribution in [3.8, 4) is 0 Å². The molecule has 1 heterocycles. The summed E-state index contributed by atoms with van der Waals surface area (Å²) in [6, 6.07) is 7.27. The molecule has 0 aliphatic rings. The molecule has 0 aliphatic heterocycles. The number of ether oxygens (including phenoxy) is 1. The highest BCUT2D eigenvalue weighted by Gasteiger charge is 2.08. The highest BCUT2D eigenvalue weighted by Crippen LogP contribution is 2.12. The van der Waals surface area contributed by atoms with Gasteiger partial charge in [-0.05, 0) is 11.6 Å². The number of nitrogens with zero attached hydrogens (tertiary/aromatic N) is 1. The van der Waals surface area contributed by atoms with Crippen molar-refractivity contribution in [1.29, 1.82) is 0 Å². The number of anilines is 1. The van der Waals surface area contributed by atoms with Crippen molar-refractivity contribution in [3.05, 3.63) is 46.4 Å². The van der Waals surface area contributed by atoms with Crippen LogP contribution in [-0.2, 0) is 22.6 Å². The topological polar surface area (TPSA) is 65.2 Å². The lowest BCUT2D eigenvalue weighted by molar-refractivity contribution is -0.144. The quantitative estimate of drug-likeness (QED) is 0.664. The third-order valence-electron chi connectivity index (χ3n) is 2.23. The molecule has 5 heteroatoms. The monoisotopic (exact) mass is 248 g/mol. The summed E-state index contributed by atoms with van der Waals surface area (Å²) in [5.74, 6) is -0.293. The highest BCUT2D eigenvalue weighted by molar-refractivity contribution is 7.09. The first-order chi connectivity index (χ1) is 8.25. The molecule has 0 saturated carbocycles. The number of esters is 1. The Labute approximate surface area is 103 Å². The van der Waals surface area contributed by atoms with Crippen LogP contribution in [0.5, 0.6) is 0 Å². The van der Waals surface area contributed by atoms with Crippen LogP contribution in [0.2, 0.25) is 0 Å². The molecule has 0 spiro atoms. The van der Waals surface area contributed by atoms with Gasteiger partial charge in [-0.2, -0.15) is 0 Å². The van der Waals surface area contributed by atoms with E-state index in [2.05, 4.69) is 4.98 Å². The van der Waals surface area contributed by atoms with E-state index in [-0.39, 0.29) is 19.0 Å². The second-order valence-electron chi connectivity index (χ2n) is 3.46. The molecule has 17 heavy (non-hydrogen) atoms. The van der Waals surface area contributed by atoms with E-state index < -0.39 is 0 Å². The van der Waals surface area contributed by atoms with Gasteiger partial charge in [-0.3, -0.25) is 4.79 Å². The van der Waals surface area contributed by atoms with Crippen LogP contribution in [0, 0.1) is 0 Å². The largest absolute Gasteiger partial charge is 0.458 e. The summed E-state index contributed by atoms with van der Waals surface area (Å²) >= 11 is 1.46. The van der Waals surface area contributed by atoms with Gasteiger partial charge in [0.2, 0.25) is 0 Å². The number of hydrogen-bond donors (Lipinski definition) is 1. The third-order valence-corrected chi connectivity index (χ3v) is 2.98. The van der Waals surface area contributed by atoms with Gasteiger partial charge in [0.25, 0.3) is 0 Å². The van der Waals surface area contributed by atoms with Crippen molar-refractivity contribution < 1.29 is 9.53 Å². The van der Waals surface area contributed by atoms with E-state index in [1.54, 1.807) is 12.3 Å². The van der Waals surface area contributed by atoms with E-state index >= 15 is 0 Å². The van der Waals surface area contributed by atoms with Crippen LogP contribution in [-0.4, -0.2) is 11.0 Å². The maximum atomic E-state index is 11.6. The van der Waals surface area contributed by atoms with Gasteiger partial charge in [0.1, 0.15) is 11.6 Å². The number of hydrogen-bond acceptors (Lipinski definition) is 5. The average Bonchev–Trinajstić information content (AvgIpc) is 2.82. The van der Waals surface area contributed by atoms with Crippen LogP contribution in [0.25, 0.3) is 0 Å². The highest BCUT2D eigenvalue weighted by atomic mass is 32.1. The van der Waals surface area contributed by atoms with Crippen molar-refractivity contribution in [2.75, 3.05) is 5.73 Å². The van der Waals surface area contributed by atoms with E-state index in [4.69, 9.17) is 10.5 Å². The molecular weight excluding hydrogens is 236 g/mol. The lowest BCUT2D eigenvalue weighted by atomic mass is 10.1. The molecular formula is C12H12N2O2S. The fraction of sp³-hybridized carbons (Fsp3) is 0.167. The smallest absolute Gasteiger partial charge is 0.310 e. The number of aromatic nitrogens is 1. The molecule has 0 saturated heterocycles. The molecule has 0 atom stereocenters. The lowest BCUT2D eigenvalue weighted by Crippen LogP contribution is -2.09. The fourth-order valence-electron chi connectivity index (χ4n) is 1.37. The number of nitrogen functional groups attached to an aromatic ring is 1. The first-order valence-corrected chi connectivity index (χ1v) is 6.01. The van der Waals surface area contributed by atoms with Crippen LogP contribution < -0.4 is 5.73 Å². The van der Waals surface area contributed by atoms with Crippen molar-refractivity contribution >= 4 is 23.0 Å². The first-order valence-electron chi connectivity index (χ1n) is 5.13. The molecule has 0 unspecified atom stereocenters. The number of nitrogens with two attached hydrogens (primary N) is 1. The van der Waals surface area contributed by atoms with E-state index in [0.717, 1.165) is 10.6 Å². The van der Waals surface area contributed by atoms with Gasteiger partial charge in [-0.25, -0.2) is 4.98 Å². The van der Waals surface area contributed by atoms with Gasteiger partial charge in [0.15, 0.2) is 0 Å². The van der Waals surface area contributed by atoms with Crippen molar-refractivity contribution in [2.24, 2.45) is 0 Å². The Morgan fingerprint density at radius 3 is 2.94 bits per heavy atom. The van der Waals surface area contributed by atoms with Gasteiger partial charge in [0, 0.05) is 17.3 Å². The molecule has 0 aliphatic carbocycles. The fourth-order valence-corrected chi connectivity index (χ4v) is 1.90. The molecule has 2 aromatic rings. The van der Waals surface area contributed by atoms with Gasteiger partial charge < -0.3 is 10.5 Å². The molecule has 0 radical (unpaired) electrons. The minimum Gasteiger partial charge on any atom is -0.458 e. The summed E-state index contributed by atoms with van der Waals surface area (Å²) in [6.45, 7) is 0.225. The van der Waals surface area contributed by atoms with Crippen LogP contribution in [0.4, 0.5) is 5.69 Å². The van der Waals surface area contributed by atoms with Gasteiger partial charge in [-0.1, -0.05) is 18.2 Å². The van der Waals surface area contributed by atoms with Gasteiger partial charge in [-0.15, -0.1) is 11.3 Å². The number of carbonyl (C=O) groups is 1. The summed E-state index contributed by atoms with van der Waals surface area (Å²) in [7, 11) is 0. The van der Waals surface area contributed by atoms with E-state index in [1.165, 1.54) is 11.3 Å². The summed E-state index contributed by atoms with van der Waals surface area (Å²) < 4.78 is 5.10. The van der Waals surface area contributed by atoms with Crippen LogP contribution >= 0.6 is 11.3 Å². The molecule has 0 bridgehead atoms. The Balaban J connectivity index is 1.87. The van der Waals surface area contributed by atoms with E-state index in [0.29, 0.717) is 5.69 Å². The zero-order chi connectivity index (χ0) is 12.1. The van der Waals surface area contributed by atoms with Crippen molar-refractivity contribution in [3.63, 3.8) is 0 Å². The zero-order valence-electron chi connectivity index (χ0n) is 9.13. The van der Waals surface area contributed by atoms with Crippen LogP contribution in [0.1, 0.15) is 10.6 Å². The molecule has 1 aromatic heterocycles. The zero-order valence-corrected chi connectivity index (χ0v) is 9.94. The minimum atomic E-state index is -0.293. The first kappa shape index (κ1) is 11.6. The summed E-state index contributed by atoms with van der Waals surface area (Å²) in [6.07, 6.45) is 1.88. The standard InChI is InChI=1S/C12H12N2O2S/c13-10-4-2-1-3-9(10)7-12(15)16-8-11-14-5-6-17-11/h1-6H,7-8,13H2. The SMILES string of the molecule is Nc1ccccc1CC(=O)OCc1nccs1. The number of rotatable bonds is 4. The molecule has 2 N–H and O–H groups in total. The molecule has 0 amide bonds. The Morgan fingerprint density at radius 2 is 2.24 bits per heavy atom. The van der Waals surface area contributed by atoms with Crippen molar-refractivity contribution in [1.82, 2.24) is 4.98 Å². The van der Waals surface area contributed by atoms with Crippen LogP contribution in [0.3, 0.4) is 0 Å². The Hall–Kier alpha value is -1.88. The number of benzene rings is 1. The number of para-hydroxylation sites is 1. The maximum absolute atomic E-state index is 11.6. The second-order valence-corrected chi connectivity index (χ2v) is 4.44. The van der Waals surface area contributed by atoms with Gasteiger partial charge in [0.05, 0.1) is 6.42 Å². The second kappa shape index (κ2) is 5.45. The summed E-state index contributed by atoms with van der Waals surface area (Å²) in [5, 5.41) is 2.64. The van der Waals surface area contributed by atoms with Gasteiger partial charge >= 0.3 is 5.97 Å². The number of carbonyl (C=O) groups excluding carboxylic acids is 1. The molecule has 2 rings (SSSR count). The lowest BCUT2D eigenvalue weighted by Gasteiger charge is -2.05. The molecule has 0 fully saturated rings. The summed E-state index contributed by atoms with van der Waals surface area (Å²) in [5.41, 5.74) is 7.14. The third kappa shape index (κ3) is 3.29. The number of thiazole rings is 1. The summed E-state index contributed by atoms with van der Waals surface area (Å²) in [4.78, 5) is 15.6. The minimum absolute atomic E-state index is 0.193. The van der Waals surface area contributed by atoms with Crippen molar-refractivity contribution in [2.45, 2.75) is 13.0 Å². The Morgan fingerprint density at radius 1 is 1.41 bits per heavy atom. The molecule has 1 aromatic carbocycles. The molecule has 4 nitrogen and oxygen atoms in total. The van der Waals surface area contributed by atoms with E-state index in [1.807, 2.05) is 23.6 Å². The predicted octanol–water partition coefficient (Wildman–Crippen LogP) is 2.01.